The third-order valence-corrected chi connectivity index (χ3v) is 3.78. The second kappa shape index (κ2) is 6.75. The number of benzene rings is 2. The third kappa shape index (κ3) is 4.04. The Morgan fingerprint density at radius 1 is 1.04 bits per heavy atom. The van der Waals surface area contributed by atoms with Crippen molar-refractivity contribution in [1.29, 1.82) is 0 Å². The van der Waals surface area contributed by atoms with Crippen molar-refractivity contribution in [2.24, 2.45) is 0 Å². The Hall–Kier alpha value is -2.47. The van der Waals surface area contributed by atoms with Gasteiger partial charge in [0, 0.05) is 16.4 Å². The molecule has 0 saturated carbocycles. The first-order chi connectivity index (χ1) is 11.1. The fourth-order valence-electron chi connectivity index (χ4n) is 2.04. The van der Waals surface area contributed by atoms with Crippen LogP contribution in [0.3, 0.4) is 0 Å². The quantitative estimate of drug-likeness (QED) is 0.662. The minimum atomic E-state index is -0.300. The van der Waals surface area contributed by atoms with E-state index in [0.717, 1.165) is 15.7 Å². The zero-order valence-electron chi connectivity index (χ0n) is 12.3. The molecule has 0 saturated heterocycles. The molecule has 0 aliphatic rings. The van der Waals surface area contributed by atoms with Gasteiger partial charge in [-0.3, -0.25) is 0 Å². The summed E-state index contributed by atoms with van der Waals surface area (Å²) in [5.41, 5.74) is 2.66. The number of halogens is 2. The number of anilines is 4. The number of aryl methyl sites for hydroxylation is 1. The van der Waals surface area contributed by atoms with Crippen molar-refractivity contribution in [3.05, 3.63) is 70.6 Å². The van der Waals surface area contributed by atoms with Gasteiger partial charge >= 0.3 is 0 Å². The minimum Gasteiger partial charge on any atom is -0.340 e. The van der Waals surface area contributed by atoms with Crippen LogP contribution >= 0.6 is 15.9 Å². The molecule has 0 fully saturated rings. The standard InChI is InChI=1S/C17H14BrFN4/c1-11-5-6-15(14(18)9-11)22-17-20-8-7-16(23-17)21-13-4-2-3-12(19)10-13/h2-10H,1H3,(H2,20,21,22,23). The Labute approximate surface area is 141 Å². The summed E-state index contributed by atoms with van der Waals surface area (Å²) in [5, 5.41) is 6.21. The Kier molecular flexibility index (Phi) is 4.52. The van der Waals surface area contributed by atoms with E-state index in [-0.39, 0.29) is 5.82 Å². The molecule has 3 aromatic rings. The molecule has 0 spiro atoms. The summed E-state index contributed by atoms with van der Waals surface area (Å²) in [6, 6.07) is 13.9. The molecule has 23 heavy (non-hydrogen) atoms. The predicted molar refractivity (Wildman–Crippen MR) is 93.9 cm³/mol. The molecule has 6 heteroatoms. The van der Waals surface area contributed by atoms with Gasteiger partial charge in [0.1, 0.15) is 11.6 Å². The van der Waals surface area contributed by atoms with E-state index in [9.17, 15) is 4.39 Å². The van der Waals surface area contributed by atoms with Gasteiger partial charge in [-0.1, -0.05) is 12.1 Å². The summed E-state index contributed by atoms with van der Waals surface area (Å²) in [7, 11) is 0. The van der Waals surface area contributed by atoms with Gasteiger partial charge in [-0.05, 0) is 64.8 Å². The Morgan fingerprint density at radius 2 is 1.91 bits per heavy atom. The van der Waals surface area contributed by atoms with Crippen LogP contribution in [0.15, 0.2) is 59.2 Å². The van der Waals surface area contributed by atoms with Gasteiger partial charge < -0.3 is 10.6 Å². The van der Waals surface area contributed by atoms with Crippen molar-refractivity contribution >= 4 is 39.1 Å². The predicted octanol–water partition coefficient (Wildman–Crippen LogP) is 5.17. The van der Waals surface area contributed by atoms with E-state index in [0.29, 0.717) is 17.5 Å². The van der Waals surface area contributed by atoms with E-state index in [1.54, 1.807) is 24.4 Å². The highest BCUT2D eigenvalue weighted by Gasteiger charge is 2.04. The summed E-state index contributed by atoms with van der Waals surface area (Å²) < 4.78 is 14.2. The average molecular weight is 373 g/mol. The molecule has 0 bridgehead atoms. The Bertz CT molecular complexity index is 838. The lowest BCUT2D eigenvalue weighted by molar-refractivity contribution is 0.628. The maximum atomic E-state index is 13.2. The smallest absolute Gasteiger partial charge is 0.229 e. The van der Waals surface area contributed by atoms with Crippen LogP contribution < -0.4 is 10.6 Å². The van der Waals surface area contributed by atoms with Crippen molar-refractivity contribution in [2.45, 2.75) is 6.92 Å². The average Bonchev–Trinajstić information content (AvgIpc) is 2.51. The molecule has 1 heterocycles. The molecular weight excluding hydrogens is 359 g/mol. The molecule has 2 aromatic carbocycles. The summed E-state index contributed by atoms with van der Waals surface area (Å²) in [5.74, 6) is 0.735. The summed E-state index contributed by atoms with van der Waals surface area (Å²) in [4.78, 5) is 8.58. The molecule has 0 unspecified atom stereocenters. The van der Waals surface area contributed by atoms with Gasteiger partial charge in [-0.15, -0.1) is 0 Å². The fraction of sp³-hybridized carbons (Fsp3) is 0.0588. The highest BCUT2D eigenvalue weighted by atomic mass is 79.9. The zero-order chi connectivity index (χ0) is 16.2. The Balaban J connectivity index is 1.79. The first kappa shape index (κ1) is 15.4. The molecule has 3 rings (SSSR count). The van der Waals surface area contributed by atoms with Crippen LogP contribution in [-0.2, 0) is 0 Å². The first-order valence-electron chi connectivity index (χ1n) is 6.99. The summed E-state index contributed by atoms with van der Waals surface area (Å²) in [6.07, 6.45) is 1.64. The molecule has 1 aromatic heterocycles. The molecule has 0 radical (unpaired) electrons. The van der Waals surface area contributed by atoms with Crippen LogP contribution in [0.4, 0.5) is 27.5 Å². The highest BCUT2D eigenvalue weighted by molar-refractivity contribution is 9.10. The van der Waals surface area contributed by atoms with Crippen LogP contribution in [0.2, 0.25) is 0 Å². The molecule has 0 amide bonds. The minimum absolute atomic E-state index is 0.300. The second-order valence-corrected chi connectivity index (χ2v) is 5.86. The van der Waals surface area contributed by atoms with Crippen molar-refractivity contribution in [2.75, 3.05) is 10.6 Å². The zero-order valence-corrected chi connectivity index (χ0v) is 13.9. The monoisotopic (exact) mass is 372 g/mol. The molecule has 0 aliphatic carbocycles. The van der Waals surface area contributed by atoms with E-state index in [1.165, 1.54) is 12.1 Å². The number of rotatable bonds is 4. The van der Waals surface area contributed by atoms with E-state index in [1.807, 2.05) is 25.1 Å². The van der Waals surface area contributed by atoms with Crippen LogP contribution in [0.1, 0.15) is 5.56 Å². The largest absolute Gasteiger partial charge is 0.340 e. The lowest BCUT2D eigenvalue weighted by Gasteiger charge is -2.10. The van der Waals surface area contributed by atoms with Crippen LogP contribution in [0, 0.1) is 12.7 Å². The van der Waals surface area contributed by atoms with Crippen molar-refractivity contribution in [3.63, 3.8) is 0 Å². The molecule has 0 aliphatic heterocycles. The van der Waals surface area contributed by atoms with Gasteiger partial charge in [0.2, 0.25) is 5.95 Å². The first-order valence-corrected chi connectivity index (χ1v) is 7.78. The maximum absolute atomic E-state index is 13.2. The molecule has 2 N–H and O–H groups in total. The number of hydrogen-bond donors (Lipinski definition) is 2. The molecular formula is C17H14BrFN4. The number of nitrogens with one attached hydrogen (secondary N) is 2. The van der Waals surface area contributed by atoms with Crippen LogP contribution in [0.25, 0.3) is 0 Å². The van der Waals surface area contributed by atoms with Gasteiger partial charge in [0.25, 0.3) is 0 Å². The van der Waals surface area contributed by atoms with Crippen molar-refractivity contribution < 1.29 is 4.39 Å². The maximum Gasteiger partial charge on any atom is 0.229 e. The van der Waals surface area contributed by atoms with Crippen LogP contribution in [0.5, 0.6) is 0 Å². The summed E-state index contributed by atoms with van der Waals surface area (Å²) in [6.45, 7) is 2.02. The topological polar surface area (TPSA) is 49.8 Å². The van der Waals surface area contributed by atoms with Gasteiger partial charge in [-0.2, -0.15) is 4.98 Å². The van der Waals surface area contributed by atoms with Crippen LogP contribution in [-0.4, -0.2) is 9.97 Å². The number of hydrogen-bond acceptors (Lipinski definition) is 4. The highest BCUT2D eigenvalue weighted by Crippen LogP contribution is 2.26. The van der Waals surface area contributed by atoms with Crippen molar-refractivity contribution in [3.8, 4) is 0 Å². The lowest BCUT2D eigenvalue weighted by Crippen LogP contribution is -2.01. The fourth-order valence-corrected chi connectivity index (χ4v) is 2.64. The molecule has 0 atom stereocenters. The van der Waals surface area contributed by atoms with E-state index < -0.39 is 0 Å². The summed E-state index contributed by atoms with van der Waals surface area (Å²) >= 11 is 3.51. The Morgan fingerprint density at radius 3 is 2.70 bits per heavy atom. The third-order valence-electron chi connectivity index (χ3n) is 3.12. The van der Waals surface area contributed by atoms with Crippen molar-refractivity contribution in [1.82, 2.24) is 9.97 Å². The normalized spacial score (nSPS) is 10.4. The number of nitrogens with zero attached hydrogens (tertiary/aromatic N) is 2. The van der Waals surface area contributed by atoms with E-state index >= 15 is 0 Å². The van der Waals surface area contributed by atoms with Gasteiger partial charge in [0.05, 0.1) is 5.69 Å². The van der Waals surface area contributed by atoms with Gasteiger partial charge in [0.15, 0.2) is 0 Å². The second-order valence-electron chi connectivity index (χ2n) is 5.01. The molecule has 4 nitrogen and oxygen atoms in total. The lowest BCUT2D eigenvalue weighted by atomic mass is 10.2. The van der Waals surface area contributed by atoms with E-state index in [4.69, 9.17) is 0 Å². The van der Waals surface area contributed by atoms with Gasteiger partial charge in [-0.25, -0.2) is 9.37 Å². The molecule has 116 valence electrons. The number of aromatic nitrogens is 2. The van der Waals surface area contributed by atoms with E-state index in [2.05, 4.69) is 36.5 Å². The SMILES string of the molecule is Cc1ccc(Nc2nccc(Nc3cccc(F)c3)n2)c(Br)c1.